The summed E-state index contributed by atoms with van der Waals surface area (Å²) in [5.74, 6) is -2.03. The van der Waals surface area contributed by atoms with Crippen LogP contribution in [0.3, 0.4) is 0 Å². The van der Waals surface area contributed by atoms with Gasteiger partial charge >= 0.3 is 18.2 Å². The zero-order valence-electron chi connectivity index (χ0n) is 9.25. The van der Waals surface area contributed by atoms with Crippen LogP contribution in [0, 0.1) is 10.1 Å². The Balaban J connectivity index is 3.74. The lowest BCUT2D eigenvalue weighted by molar-refractivity contribution is -0.392. The predicted molar refractivity (Wildman–Crippen MR) is 52.8 cm³/mol. The van der Waals surface area contributed by atoms with Gasteiger partial charge in [0.05, 0.1) is 4.92 Å². The van der Waals surface area contributed by atoms with E-state index in [0.717, 1.165) is 0 Å². The quantitative estimate of drug-likeness (QED) is 0.365. The molecule has 1 rings (SSSR count). The van der Waals surface area contributed by atoms with Gasteiger partial charge in [-0.15, -0.1) is 13.2 Å². The zero-order valence-corrected chi connectivity index (χ0v) is 10.0. The molecule has 0 aliphatic carbocycles. The van der Waals surface area contributed by atoms with Crippen molar-refractivity contribution in [3.63, 3.8) is 0 Å². The first-order chi connectivity index (χ1) is 9.34. The molecule has 0 N–H and O–H groups in total. The molecule has 1 heterocycles. The first kappa shape index (κ1) is 16.9. The maximum absolute atomic E-state index is 12.6. The average molecular weight is 339 g/mol. The Kier molecular flexibility index (Phi) is 4.32. The molecular weight excluding hydrogens is 338 g/mol. The lowest BCUT2D eigenvalue weighted by atomic mass is 10.2. The van der Waals surface area contributed by atoms with E-state index in [1.165, 1.54) is 0 Å². The fourth-order valence-electron chi connectivity index (χ4n) is 1.22. The van der Waals surface area contributed by atoms with Gasteiger partial charge in [0.1, 0.15) is 0 Å². The van der Waals surface area contributed by atoms with Crippen molar-refractivity contribution in [2.24, 2.45) is 0 Å². The van der Waals surface area contributed by atoms with Crippen LogP contribution in [0.4, 0.5) is 32.0 Å². The highest BCUT2D eigenvalue weighted by molar-refractivity contribution is 6.67. The van der Waals surface area contributed by atoms with Gasteiger partial charge in [-0.25, -0.2) is 4.98 Å². The summed E-state index contributed by atoms with van der Waals surface area (Å²) in [6, 6.07) is 0. The molecule has 0 fully saturated rings. The predicted octanol–water partition coefficient (Wildman–Crippen LogP) is 3.29. The summed E-state index contributed by atoms with van der Waals surface area (Å²) in [4.78, 5) is 22.4. The maximum Gasteiger partial charge on any atom is 0.573 e. The first-order valence-corrected chi connectivity index (χ1v) is 4.92. The van der Waals surface area contributed by atoms with Crippen LogP contribution >= 0.6 is 11.6 Å². The molecule has 1 aromatic heterocycles. The van der Waals surface area contributed by atoms with E-state index in [1.807, 2.05) is 0 Å². The summed E-state index contributed by atoms with van der Waals surface area (Å²) in [5.41, 5.74) is -5.69. The van der Waals surface area contributed by atoms with Gasteiger partial charge in [0.25, 0.3) is 5.24 Å². The van der Waals surface area contributed by atoms with Crippen LogP contribution in [-0.4, -0.2) is 21.5 Å². The van der Waals surface area contributed by atoms with Crippen molar-refractivity contribution in [3.8, 4) is 5.75 Å². The molecule has 0 aliphatic heterocycles. The highest BCUT2D eigenvalue weighted by atomic mass is 35.5. The van der Waals surface area contributed by atoms with Crippen molar-refractivity contribution >= 4 is 22.5 Å². The number of carbonyl (C=O) groups excluding carboxylic acids is 1. The number of pyridine rings is 1. The summed E-state index contributed by atoms with van der Waals surface area (Å²) in [5, 5.41) is 8.87. The largest absolute Gasteiger partial charge is 0.573 e. The number of hydrogen-bond acceptors (Lipinski definition) is 5. The highest BCUT2D eigenvalue weighted by Crippen LogP contribution is 2.44. The van der Waals surface area contributed by atoms with E-state index in [2.05, 4.69) is 9.72 Å². The van der Waals surface area contributed by atoms with Crippen molar-refractivity contribution in [1.82, 2.24) is 4.98 Å². The van der Waals surface area contributed by atoms with Crippen molar-refractivity contribution in [1.29, 1.82) is 0 Å². The molecule has 0 saturated carbocycles. The first-order valence-electron chi connectivity index (χ1n) is 4.54. The highest BCUT2D eigenvalue weighted by Gasteiger charge is 2.46. The van der Waals surface area contributed by atoms with Gasteiger partial charge in [-0.3, -0.25) is 14.9 Å². The van der Waals surface area contributed by atoms with Crippen LogP contribution in [0.25, 0.3) is 0 Å². The van der Waals surface area contributed by atoms with E-state index in [-0.39, 0.29) is 6.20 Å². The molecule has 0 spiro atoms. The summed E-state index contributed by atoms with van der Waals surface area (Å²) in [7, 11) is 0. The second-order valence-corrected chi connectivity index (χ2v) is 3.62. The van der Waals surface area contributed by atoms with E-state index in [0.29, 0.717) is 0 Å². The number of alkyl halides is 6. The summed E-state index contributed by atoms with van der Waals surface area (Å²) < 4.78 is 77.2. The van der Waals surface area contributed by atoms with E-state index in [1.54, 1.807) is 0 Å². The average Bonchev–Trinajstić information content (AvgIpc) is 2.23. The molecule has 116 valence electrons. The Morgan fingerprint density at radius 2 is 1.81 bits per heavy atom. The van der Waals surface area contributed by atoms with Crippen molar-refractivity contribution in [2.75, 3.05) is 0 Å². The Morgan fingerprint density at radius 3 is 2.14 bits per heavy atom. The number of nitrogens with zero attached hydrogens (tertiary/aromatic N) is 2. The lowest BCUT2D eigenvalue weighted by Crippen LogP contribution is -2.22. The molecule has 0 aliphatic rings. The van der Waals surface area contributed by atoms with Crippen molar-refractivity contribution in [3.05, 3.63) is 27.6 Å². The molecule has 21 heavy (non-hydrogen) atoms. The van der Waals surface area contributed by atoms with E-state index in [9.17, 15) is 41.3 Å². The van der Waals surface area contributed by atoms with Gasteiger partial charge in [-0.2, -0.15) is 13.2 Å². The maximum atomic E-state index is 12.6. The number of nitro groups is 1. The minimum Gasteiger partial charge on any atom is -0.396 e. The fourth-order valence-corrected chi connectivity index (χ4v) is 1.36. The molecule has 0 saturated heterocycles. The van der Waals surface area contributed by atoms with Crippen LogP contribution in [0.2, 0.25) is 0 Å². The van der Waals surface area contributed by atoms with Gasteiger partial charge in [-0.05, 0) is 11.6 Å². The normalized spacial score (nSPS) is 12.1. The topological polar surface area (TPSA) is 82.3 Å². The van der Waals surface area contributed by atoms with Crippen molar-refractivity contribution in [2.45, 2.75) is 12.5 Å². The Labute approximate surface area is 115 Å². The van der Waals surface area contributed by atoms with Crippen LogP contribution < -0.4 is 4.74 Å². The van der Waals surface area contributed by atoms with E-state index >= 15 is 0 Å². The number of ether oxygens (including phenoxy) is 1. The molecule has 0 bridgehead atoms. The van der Waals surface area contributed by atoms with Crippen LogP contribution in [0.1, 0.15) is 16.1 Å². The zero-order chi connectivity index (χ0) is 16.6. The van der Waals surface area contributed by atoms with Gasteiger partial charge in [0, 0.05) is 6.20 Å². The molecule has 1 aromatic rings. The fraction of sp³-hybridized carbons (Fsp3) is 0.250. The summed E-state index contributed by atoms with van der Waals surface area (Å²) in [6.45, 7) is 0. The van der Waals surface area contributed by atoms with Gasteiger partial charge in [-0.1, -0.05) is 0 Å². The third-order valence-corrected chi connectivity index (χ3v) is 2.08. The van der Waals surface area contributed by atoms with Crippen LogP contribution in [0.5, 0.6) is 5.75 Å². The molecule has 13 heteroatoms. The smallest absolute Gasteiger partial charge is 0.396 e. The second-order valence-electron chi connectivity index (χ2n) is 3.27. The molecule has 0 radical (unpaired) electrons. The SMILES string of the molecule is O=C(Cl)c1ncc(C(F)(F)F)c([N+](=O)[O-])c1OC(F)(F)F. The summed E-state index contributed by atoms with van der Waals surface area (Å²) in [6.07, 6.45) is -11.2. The summed E-state index contributed by atoms with van der Waals surface area (Å²) >= 11 is 4.83. The van der Waals surface area contributed by atoms with Gasteiger partial charge in [0.15, 0.2) is 11.3 Å². The third-order valence-electron chi connectivity index (χ3n) is 1.90. The van der Waals surface area contributed by atoms with Gasteiger partial charge in [0.2, 0.25) is 5.75 Å². The number of halogens is 7. The molecule has 0 aromatic carbocycles. The third kappa shape index (κ3) is 3.93. The number of aromatic nitrogens is 1. The number of rotatable bonds is 3. The molecule has 0 amide bonds. The number of hydrogen-bond donors (Lipinski definition) is 0. The Morgan fingerprint density at radius 1 is 1.29 bits per heavy atom. The van der Waals surface area contributed by atoms with E-state index in [4.69, 9.17) is 11.6 Å². The molecular formula is C8HClF6N2O4. The van der Waals surface area contributed by atoms with Crippen LogP contribution in [0.15, 0.2) is 6.20 Å². The second kappa shape index (κ2) is 5.35. The minimum atomic E-state index is -5.60. The molecule has 6 nitrogen and oxygen atoms in total. The molecule has 0 unspecified atom stereocenters. The Bertz CT molecular complexity index is 600. The van der Waals surface area contributed by atoms with Gasteiger partial charge < -0.3 is 4.74 Å². The number of carbonyl (C=O) groups is 1. The van der Waals surface area contributed by atoms with Crippen LogP contribution in [-0.2, 0) is 6.18 Å². The molecule has 0 atom stereocenters. The van der Waals surface area contributed by atoms with E-state index < -0.39 is 45.4 Å². The lowest BCUT2D eigenvalue weighted by Gasteiger charge is -2.14. The minimum absolute atomic E-state index is 0.184. The standard InChI is InChI=1S/C8HClF6N2O4/c9-6(18)3-5(21-8(13,14)15)4(17(19)20)2(1-16-3)7(10,11)12/h1H. The monoisotopic (exact) mass is 338 g/mol. The van der Waals surface area contributed by atoms with Crippen molar-refractivity contribution < 1.29 is 40.8 Å². The Hall–Kier alpha value is -2.11.